The first kappa shape index (κ1) is 37.9. The van der Waals surface area contributed by atoms with Crippen molar-refractivity contribution in [1.82, 2.24) is 0 Å². The van der Waals surface area contributed by atoms with Gasteiger partial charge in [-0.3, -0.25) is 0 Å². The molecule has 4 fully saturated rings. The lowest BCUT2D eigenvalue weighted by Crippen LogP contribution is -2.67. The van der Waals surface area contributed by atoms with Crippen LogP contribution in [0.2, 0.25) is 6.04 Å². The maximum absolute atomic E-state index is 4.95. The molecule has 0 N–H and O–H groups in total. The van der Waals surface area contributed by atoms with Crippen molar-refractivity contribution in [2.75, 3.05) is 0 Å². The van der Waals surface area contributed by atoms with Gasteiger partial charge in [-0.05, 0) is 155 Å². The van der Waals surface area contributed by atoms with Gasteiger partial charge in [0.15, 0.2) is 8.07 Å². The van der Waals surface area contributed by atoms with Crippen LogP contribution in [0.3, 0.4) is 0 Å². The average Bonchev–Trinajstić information content (AvgIpc) is 3.74. The number of hydrogen-bond donors (Lipinski definition) is 0. The van der Waals surface area contributed by atoms with Crippen molar-refractivity contribution in [1.29, 1.82) is 0 Å². The summed E-state index contributed by atoms with van der Waals surface area (Å²) in [6, 6.07) is 35.5. The Bertz CT molecular complexity index is 1490. The molecule has 0 bridgehead atoms. The van der Waals surface area contributed by atoms with Gasteiger partial charge in [0.1, 0.15) is 0 Å². The second-order valence-corrected chi connectivity index (χ2v) is 25.2. The Morgan fingerprint density at radius 3 is 1.33 bits per heavy atom. The molecule has 3 aromatic rings. The number of hydrogen-bond acceptors (Lipinski definition) is 0. The molecule has 0 amide bonds. The Labute approximate surface area is 320 Å². The molecule has 1 heteroatoms. The molecule has 0 aliphatic heterocycles. The average molecular weight is 713 g/mol. The predicted octanol–water partition coefficient (Wildman–Crippen LogP) is 12.3. The Morgan fingerprint density at radius 2 is 0.923 bits per heavy atom. The van der Waals surface area contributed by atoms with E-state index in [4.69, 9.17) is 6.58 Å². The van der Waals surface area contributed by atoms with Crippen LogP contribution < -0.4 is 15.6 Å². The van der Waals surface area contributed by atoms with Crippen molar-refractivity contribution >= 4 is 23.6 Å². The molecule has 3 aromatic carbocycles. The molecule has 0 saturated heterocycles. The number of fused-ring (bicyclic) bond motifs is 3. The van der Waals surface area contributed by atoms with Crippen molar-refractivity contribution in [2.24, 2.45) is 69.5 Å². The van der Waals surface area contributed by atoms with Gasteiger partial charge in [0.25, 0.3) is 0 Å². The van der Waals surface area contributed by atoms with Crippen LogP contribution in [0.15, 0.2) is 103 Å². The monoisotopic (exact) mass is 713 g/mol. The molecule has 7 rings (SSSR count). The molecule has 0 radical (unpaired) electrons. The summed E-state index contributed by atoms with van der Waals surface area (Å²) in [5.74, 6) is 8.09. The van der Waals surface area contributed by atoms with Crippen LogP contribution in [0.4, 0.5) is 0 Å². The molecule has 8 atom stereocenters. The lowest BCUT2D eigenvalue weighted by molar-refractivity contribution is -0.00172. The molecule has 0 spiro atoms. The zero-order valence-electron chi connectivity index (χ0n) is 34.3. The van der Waals surface area contributed by atoms with Crippen molar-refractivity contribution in [3.8, 4) is 0 Å². The molecular formula is C51H72Si. The van der Waals surface area contributed by atoms with Crippen LogP contribution in [-0.4, -0.2) is 8.07 Å². The van der Waals surface area contributed by atoms with Gasteiger partial charge in [-0.2, -0.15) is 0 Å². The van der Waals surface area contributed by atoms with E-state index < -0.39 is 8.07 Å². The van der Waals surface area contributed by atoms with Crippen LogP contribution >= 0.6 is 0 Å². The fraction of sp³-hybridized carbons (Fsp3) is 0.608. The maximum atomic E-state index is 4.95. The summed E-state index contributed by atoms with van der Waals surface area (Å²) in [4.78, 5) is 0. The van der Waals surface area contributed by atoms with Crippen molar-refractivity contribution in [3.05, 3.63) is 103 Å². The fourth-order valence-corrected chi connectivity index (χ4v) is 18.2. The second-order valence-electron chi connectivity index (χ2n) is 21.3. The SMILES string of the molecule is C=C(CC1CCC(C(C)(C)C2C3CC(C(C)(C)C)CCC3C3CCC(C(C)(C)C)CC32)C1)C[Si](c1ccccc1)(c1ccccc1)c1ccccc1. The molecule has 4 aliphatic carbocycles. The van der Waals surface area contributed by atoms with E-state index in [0.717, 1.165) is 59.3 Å². The van der Waals surface area contributed by atoms with Gasteiger partial charge in [0.05, 0.1) is 0 Å². The first-order valence-electron chi connectivity index (χ1n) is 21.5. The highest BCUT2D eigenvalue weighted by Gasteiger charge is 2.60. The number of allylic oxidation sites excluding steroid dienone is 1. The molecule has 8 unspecified atom stereocenters. The molecule has 4 saturated carbocycles. The van der Waals surface area contributed by atoms with Gasteiger partial charge in [-0.15, -0.1) is 6.58 Å². The normalized spacial score (nSPS) is 31.2. The lowest BCUT2D eigenvalue weighted by atomic mass is 9.56. The summed E-state index contributed by atoms with van der Waals surface area (Å²) in [6.07, 6.45) is 14.3. The molecule has 4 aliphatic rings. The second kappa shape index (κ2) is 14.7. The molecule has 0 heterocycles. The number of benzene rings is 3. The van der Waals surface area contributed by atoms with E-state index >= 15 is 0 Å². The fourth-order valence-electron chi connectivity index (χ4n) is 13.4. The van der Waals surface area contributed by atoms with Gasteiger partial charge in [-0.25, -0.2) is 0 Å². The summed E-state index contributed by atoms with van der Waals surface area (Å²) < 4.78 is 0. The Hall–Kier alpha value is -2.38. The first-order valence-corrected chi connectivity index (χ1v) is 23.7. The van der Waals surface area contributed by atoms with E-state index in [0.29, 0.717) is 16.2 Å². The van der Waals surface area contributed by atoms with Crippen LogP contribution in [0.1, 0.15) is 120 Å². The van der Waals surface area contributed by atoms with E-state index in [1.165, 1.54) is 85.3 Å². The van der Waals surface area contributed by atoms with E-state index in [2.05, 4.69) is 146 Å². The van der Waals surface area contributed by atoms with Crippen molar-refractivity contribution < 1.29 is 0 Å². The summed E-state index contributed by atoms with van der Waals surface area (Å²) >= 11 is 0. The van der Waals surface area contributed by atoms with Gasteiger partial charge >= 0.3 is 0 Å². The van der Waals surface area contributed by atoms with Gasteiger partial charge in [0.2, 0.25) is 0 Å². The van der Waals surface area contributed by atoms with Crippen LogP contribution in [0.5, 0.6) is 0 Å². The highest BCUT2D eigenvalue weighted by atomic mass is 28.3. The molecule has 0 nitrogen and oxygen atoms in total. The van der Waals surface area contributed by atoms with Gasteiger partial charge in [-0.1, -0.05) is 152 Å². The third kappa shape index (κ3) is 7.23. The molecule has 280 valence electrons. The highest BCUT2D eigenvalue weighted by Crippen LogP contribution is 2.67. The van der Waals surface area contributed by atoms with Crippen molar-refractivity contribution in [3.63, 3.8) is 0 Å². The minimum absolute atomic E-state index is 0.397. The van der Waals surface area contributed by atoms with Gasteiger partial charge in [0, 0.05) is 0 Å². The zero-order chi connectivity index (χ0) is 36.9. The Balaban J connectivity index is 1.13. The van der Waals surface area contributed by atoms with Crippen LogP contribution in [0.25, 0.3) is 0 Å². The topological polar surface area (TPSA) is 0 Å². The summed E-state index contributed by atoms with van der Waals surface area (Å²) in [6.45, 7) is 25.7. The van der Waals surface area contributed by atoms with E-state index in [9.17, 15) is 0 Å². The summed E-state index contributed by atoms with van der Waals surface area (Å²) in [5.41, 5.74) is 2.73. The summed E-state index contributed by atoms with van der Waals surface area (Å²) in [5, 5.41) is 4.52. The smallest absolute Gasteiger partial charge is 0.100 e. The predicted molar refractivity (Wildman–Crippen MR) is 228 cm³/mol. The standard InChI is InChI=1S/C51H72Si/c1-36(35-52(41-19-13-10-14-20-41,42-21-15-11-16-22-42)43-23-17-12-18-24-43)31-37-25-26-40(32-37)51(8,9)48-46-33-38(49(2,3)4)27-29-44(46)45-30-28-39(34-47(45)48)50(5,6)7/h10-24,37-40,44-48H,1,25-35H2,2-9H3. The third-order valence-electron chi connectivity index (χ3n) is 16.2. The lowest BCUT2D eigenvalue weighted by Gasteiger charge is -2.49. The Kier molecular flexibility index (Phi) is 10.7. The van der Waals surface area contributed by atoms with E-state index in [1.54, 1.807) is 0 Å². The third-order valence-corrected chi connectivity index (χ3v) is 21.2. The quantitative estimate of drug-likeness (QED) is 0.118. The molecule has 52 heavy (non-hydrogen) atoms. The molecule has 0 aromatic heterocycles. The van der Waals surface area contributed by atoms with Gasteiger partial charge < -0.3 is 0 Å². The van der Waals surface area contributed by atoms with E-state index in [1.807, 2.05) is 0 Å². The maximum Gasteiger partial charge on any atom is 0.152 e. The minimum atomic E-state index is -2.32. The first-order chi connectivity index (χ1) is 24.7. The van der Waals surface area contributed by atoms with Crippen LogP contribution in [-0.2, 0) is 0 Å². The summed E-state index contributed by atoms with van der Waals surface area (Å²) in [7, 11) is -2.32. The molecular weight excluding hydrogens is 641 g/mol. The largest absolute Gasteiger partial charge is 0.152 e. The van der Waals surface area contributed by atoms with Crippen molar-refractivity contribution in [2.45, 2.75) is 126 Å². The van der Waals surface area contributed by atoms with Crippen LogP contribution in [0, 0.1) is 69.5 Å². The Morgan fingerprint density at radius 1 is 0.519 bits per heavy atom. The zero-order valence-corrected chi connectivity index (χ0v) is 35.3. The van der Waals surface area contributed by atoms with E-state index in [-0.39, 0.29) is 0 Å². The number of rotatable bonds is 9. The highest BCUT2D eigenvalue weighted by molar-refractivity contribution is 7.11. The minimum Gasteiger partial charge on any atom is -0.100 e.